The third kappa shape index (κ3) is 2.38. The molecule has 0 radical (unpaired) electrons. The Hall–Kier alpha value is -2.69. The molecule has 5 heteroatoms. The molecule has 0 saturated carbocycles. The Morgan fingerprint density at radius 1 is 1.19 bits per heavy atom. The molecule has 0 fully saturated rings. The summed E-state index contributed by atoms with van der Waals surface area (Å²) in [6, 6.07) is 10.8. The van der Waals surface area contributed by atoms with Crippen LogP contribution in [0.15, 0.2) is 36.4 Å². The minimum atomic E-state index is -0.259. The van der Waals surface area contributed by atoms with Gasteiger partial charge in [-0.15, -0.1) is 0 Å². The second-order valence-electron chi connectivity index (χ2n) is 4.65. The lowest BCUT2D eigenvalue weighted by Crippen LogP contribution is -2.14. The lowest BCUT2D eigenvalue weighted by Gasteiger charge is -2.13. The summed E-state index contributed by atoms with van der Waals surface area (Å²) in [6.07, 6.45) is 0. The Balaban J connectivity index is 1.93. The fourth-order valence-electron chi connectivity index (χ4n) is 2.26. The van der Waals surface area contributed by atoms with E-state index in [1.807, 2.05) is 19.1 Å². The van der Waals surface area contributed by atoms with Gasteiger partial charge in [0.2, 0.25) is 6.79 Å². The van der Waals surface area contributed by atoms with E-state index in [-0.39, 0.29) is 12.7 Å². The maximum atomic E-state index is 12.5. The van der Waals surface area contributed by atoms with Gasteiger partial charge in [0.15, 0.2) is 11.5 Å². The molecule has 2 aromatic rings. The van der Waals surface area contributed by atoms with Gasteiger partial charge in [-0.25, -0.2) is 0 Å². The van der Waals surface area contributed by atoms with Gasteiger partial charge in [0, 0.05) is 0 Å². The van der Waals surface area contributed by atoms with Gasteiger partial charge in [-0.3, -0.25) is 4.79 Å². The predicted octanol–water partition coefficient (Wildman–Crippen LogP) is 2.98. The van der Waals surface area contributed by atoms with Crippen molar-refractivity contribution >= 4 is 11.6 Å². The number of ether oxygens (including phenoxy) is 3. The van der Waals surface area contributed by atoms with Crippen molar-refractivity contribution in [2.45, 2.75) is 6.92 Å². The monoisotopic (exact) mass is 285 g/mol. The Kier molecular flexibility index (Phi) is 3.39. The summed E-state index contributed by atoms with van der Waals surface area (Å²) in [5, 5.41) is 2.88. The summed E-state index contributed by atoms with van der Waals surface area (Å²) in [5.41, 5.74) is 2.02. The molecule has 1 amide bonds. The summed E-state index contributed by atoms with van der Waals surface area (Å²) in [7, 11) is 1.57. The standard InChI is InChI=1S/C16H15NO4/c1-10-5-3-7-12(19-2)14(10)17-16(18)11-6-4-8-13-15(11)21-9-20-13/h3-8H,9H2,1-2H3,(H,17,18). The lowest BCUT2D eigenvalue weighted by atomic mass is 10.1. The van der Waals surface area contributed by atoms with Crippen LogP contribution in [0.2, 0.25) is 0 Å². The molecular weight excluding hydrogens is 270 g/mol. The summed E-state index contributed by atoms with van der Waals surface area (Å²) in [4.78, 5) is 12.5. The van der Waals surface area contributed by atoms with E-state index in [4.69, 9.17) is 14.2 Å². The quantitative estimate of drug-likeness (QED) is 0.942. The molecule has 0 bridgehead atoms. The van der Waals surface area contributed by atoms with Crippen LogP contribution in [0.3, 0.4) is 0 Å². The highest BCUT2D eigenvalue weighted by Crippen LogP contribution is 2.36. The summed E-state index contributed by atoms with van der Waals surface area (Å²) >= 11 is 0. The van der Waals surface area contributed by atoms with Gasteiger partial charge >= 0.3 is 0 Å². The molecule has 0 spiro atoms. The number of rotatable bonds is 3. The van der Waals surface area contributed by atoms with Gasteiger partial charge in [0.25, 0.3) is 5.91 Å². The zero-order chi connectivity index (χ0) is 14.8. The van der Waals surface area contributed by atoms with Gasteiger partial charge in [-0.2, -0.15) is 0 Å². The molecule has 1 aliphatic heterocycles. The predicted molar refractivity (Wildman–Crippen MR) is 78.2 cm³/mol. The highest BCUT2D eigenvalue weighted by Gasteiger charge is 2.22. The van der Waals surface area contributed by atoms with Gasteiger partial charge in [0.1, 0.15) is 5.75 Å². The van der Waals surface area contributed by atoms with Crippen LogP contribution in [0.4, 0.5) is 5.69 Å². The number of nitrogens with one attached hydrogen (secondary N) is 1. The fourth-order valence-corrected chi connectivity index (χ4v) is 2.26. The van der Waals surface area contributed by atoms with E-state index in [1.54, 1.807) is 31.4 Å². The minimum absolute atomic E-state index is 0.132. The van der Waals surface area contributed by atoms with E-state index >= 15 is 0 Å². The number of hydrogen-bond donors (Lipinski definition) is 1. The van der Waals surface area contributed by atoms with E-state index < -0.39 is 0 Å². The van der Waals surface area contributed by atoms with E-state index in [0.29, 0.717) is 28.5 Å². The molecule has 21 heavy (non-hydrogen) atoms. The third-order valence-corrected chi connectivity index (χ3v) is 3.33. The molecule has 1 heterocycles. The molecular formula is C16H15NO4. The van der Waals surface area contributed by atoms with Gasteiger partial charge in [-0.05, 0) is 30.7 Å². The lowest BCUT2D eigenvalue weighted by molar-refractivity contribution is 0.102. The minimum Gasteiger partial charge on any atom is -0.495 e. The number of methoxy groups -OCH3 is 1. The average Bonchev–Trinajstić information content (AvgIpc) is 2.97. The van der Waals surface area contributed by atoms with Crippen LogP contribution in [-0.2, 0) is 0 Å². The summed E-state index contributed by atoms with van der Waals surface area (Å²) < 4.78 is 15.9. The number of hydrogen-bond acceptors (Lipinski definition) is 4. The normalized spacial score (nSPS) is 12.1. The van der Waals surface area contributed by atoms with E-state index in [2.05, 4.69) is 5.32 Å². The van der Waals surface area contributed by atoms with E-state index in [1.165, 1.54) is 0 Å². The van der Waals surface area contributed by atoms with Crippen LogP contribution < -0.4 is 19.5 Å². The van der Waals surface area contributed by atoms with Gasteiger partial charge in [-0.1, -0.05) is 18.2 Å². The number of para-hydroxylation sites is 2. The van der Waals surface area contributed by atoms with Crippen molar-refractivity contribution in [2.75, 3.05) is 19.2 Å². The third-order valence-electron chi connectivity index (χ3n) is 3.33. The Morgan fingerprint density at radius 2 is 2.00 bits per heavy atom. The maximum absolute atomic E-state index is 12.5. The first-order valence-corrected chi connectivity index (χ1v) is 6.54. The molecule has 0 unspecified atom stereocenters. The zero-order valence-electron chi connectivity index (χ0n) is 11.8. The van der Waals surface area contributed by atoms with Crippen molar-refractivity contribution in [3.8, 4) is 17.2 Å². The Labute approximate surface area is 122 Å². The van der Waals surface area contributed by atoms with Crippen LogP contribution >= 0.6 is 0 Å². The van der Waals surface area contributed by atoms with Crippen molar-refractivity contribution in [3.05, 3.63) is 47.5 Å². The Morgan fingerprint density at radius 3 is 2.81 bits per heavy atom. The fraction of sp³-hybridized carbons (Fsp3) is 0.188. The smallest absolute Gasteiger partial charge is 0.259 e. The highest BCUT2D eigenvalue weighted by atomic mass is 16.7. The van der Waals surface area contributed by atoms with E-state index in [9.17, 15) is 4.79 Å². The number of aryl methyl sites for hydroxylation is 1. The van der Waals surface area contributed by atoms with Crippen molar-refractivity contribution in [1.29, 1.82) is 0 Å². The van der Waals surface area contributed by atoms with Crippen LogP contribution in [-0.4, -0.2) is 19.8 Å². The molecule has 3 rings (SSSR count). The zero-order valence-corrected chi connectivity index (χ0v) is 11.8. The highest BCUT2D eigenvalue weighted by molar-refractivity contribution is 6.07. The molecule has 1 N–H and O–H groups in total. The second-order valence-corrected chi connectivity index (χ2v) is 4.65. The van der Waals surface area contributed by atoms with Crippen LogP contribution in [0.25, 0.3) is 0 Å². The molecule has 2 aromatic carbocycles. The van der Waals surface area contributed by atoms with Crippen molar-refractivity contribution in [3.63, 3.8) is 0 Å². The SMILES string of the molecule is COc1cccc(C)c1NC(=O)c1cccc2c1OCO2. The average molecular weight is 285 g/mol. The molecule has 0 aliphatic carbocycles. The van der Waals surface area contributed by atoms with Crippen molar-refractivity contribution < 1.29 is 19.0 Å². The summed E-state index contributed by atoms with van der Waals surface area (Å²) in [6.45, 7) is 2.04. The number of anilines is 1. The summed E-state index contributed by atoms with van der Waals surface area (Å²) in [5.74, 6) is 1.42. The number of benzene rings is 2. The molecule has 0 aromatic heterocycles. The van der Waals surface area contributed by atoms with E-state index in [0.717, 1.165) is 5.56 Å². The molecule has 108 valence electrons. The first-order valence-electron chi connectivity index (χ1n) is 6.54. The van der Waals surface area contributed by atoms with Gasteiger partial charge < -0.3 is 19.5 Å². The first-order chi connectivity index (χ1) is 10.2. The Bertz CT molecular complexity index is 697. The van der Waals surface area contributed by atoms with Crippen LogP contribution in [0.5, 0.6) is 17.2 Å². The topological polar surface area (TPSA) is 56.8 Å². The number of carbonyl (C=O) groups excluding carboxylic acids is 1. The first kappa shape index (κ1) is 13.3. The number of fused-ring (bicyclic) bond motifs is 1. The molecule has 0 atom stereocenters. The largest absolute Gasteiger partial charge is 0.495 e. The van der Waals surface area contributed by atoms with Crippen LogP contribution in [0, 0.1) is 6.92 Å². The number of amides is 1. The van der Waals surface area contributed by atoms with Gasteiger partial charge in [0.05, 0.1) is 18.4 Å². The molecule has 0 saturated heterocycles. The van der Waals surface area contributed by atoms with Crippen molar-refractivity contribution in [2.24, 2.45) is 0 Å². The molecule has 5 nitrogen and oxygen atoms in total. The number of carbonyl (C=O) groups is 1. The molecule has 1 aliphatic rings. The maximum Gasteiger partial charge on any atom is 0.259 e. The second kappa shape index (κ2) is 5.36. The van der Waals surface area contributed by atoms with Crippen molar-refractivity contribution in [1.82, 2.24) is 0 Å². The van der Waals surface area contributed by atoms with Crippen LogP contribution in [0.1, 0.15) is 15.9 Å².